The van der Waals surface area contributed by atoms with Crippen molar-refractivity contribution >= 4 is 14.7 Å². The second kappa shape index (κ2) is 4.20. The Kier molecular flexibility index (Phi) is 2.70. The maximum absolute atomic E-state index is 4.80. The molecule has 0 unspecified atom stereocenters. The Bertz CT molecular complexity index is 513. The number of fused-ring (bicyclic) bond motifs is 1. The molecule has 2 aromatic rings. The van der Waals surface area contributed by atoms with Crippen molar-refractivity contribution in [3.63, 3.8) is 0 Å². The van der Waals surface area contributed by atoms with E-state index in [-0.39, 0.29) is 0 Å². The summed E-state index contributed by atoms with van der Waals surface area (Å²) in [5.74, 6) is 0. The first-order valence-corrected chi connectivity index (χ1v) is 7.51. The minimum atomic E-state index is 0.398. The molecule has 0 saturated heterocycles. The molecule has 0 radical (unpaired) electrons. The van der Waals surface area contributed by atoms with Gasteiger partial charge in [0.25, 0.3) is 0 Å². The van der Waals surface area contributed by atoms with Crippen molar-refractivity contribution in [3.05, 3.63) is 39.8 Å². The molecular weight excluding hydrogens is 261 g/mol. The molecule has 0 atom stereocenters. The molecule has 0 fully saturated rings. The summed E-state index contributed by atoms with van der Waals surface area (Å²) in [4.78, 5) is 0. The van der Waals surface area contributed by atoms with E-state index in [4.69, 9.17) is 3.98 Å². The van der Waals surface area contributed by atoms with E-state index in [2.05, 4.69) is 31.2 Å². The molecule has 0 amide bonds. The van der Waals surface area contributed by atoms with Gasteiger partial charge < -0.3 is 0 Å². The fourth-order valence-electron chi connectivity index (χ4n) is 2.40. The predicted molar refractivity (Wildman–Crippen MR) is 68.0 cm³/mol. The quantitative estimate of drug-likeness (QED) is 0.730. The molecule has 1 aliphatic carbocycles. The van der Waals surface area contributed by atoms with E-state index in [0.29, 0.717) is 14.7 Å². The Morgan fingerprint density at radius 3 is 2.94 bits per heavy atom. The third-order valence-corrected chi connectivity index (χ3v) is 5.22. The van der Waals surface area contributed by atoms with Gasteiger partial charge in [0.2, 0.25) is 0 Å². The van der Waals surface area contributed by atoms with Gasteiger partial charge >= 0.3 is 102 Å². The van der Waals surface area contributed by atoms with Gasteiger partial charge in [-0.1, -0.05) is 0 Å². The van der Waals surface area contributed by atoms with Crippen molar-refractivity contribution in [1.29, 1.82) is 0 Å². The molecule has 0 saturated carbocycles. The fourth-order valence-corrected chi connectivity index (χ4v) is 4.42. The van der Waals surface area contributed by atoms with Gasteiger partial charge in [0.15, 0.2) is 0 Å². The molecule has 1 aliphatic rings. The first-order valence-electron chi connectivity index (χ1n) is 5.89. The summed E-state index contributed by atoms with van der Waals surface area (Å²) in [6.45, 7) is 2.15. The number of aromatic nitrogens is 1. The van der Waals surface area contributed by atoms with E-state index < -0.39 is 0 Å². The van der Waals surface area contributed by atoms with Crippen molar-refractivity contribution in [3.8, 4) is 11.3 Å². The molecule has 16 heavy (non-hydrogen) atoms. The predicted octanol–water partition coefficient (Wildman–Crippen LogP) is 2.99. The first-order chi connectivity index (χ1) is 7.84. The van der Waals surface area contributed by atoms with Gasteiger partial charge in [0.05, 0.1) is 0 Å². The van der Waals surface area contributed by atoms with Crippen molar-refractivity contribution in [2.24, 2.45) is 0 Å². The van der Waals surface area contributed by atoms with E-state index in [1.165, 1.54) is 42.5 Å². The van der Waals surface area contributed by atoms with Gasteiger partial charge in [-0.3, -0.25) is 0 Å². The Balaban J connectivity index is 2.09. The summed E-state index contributed by atoms with van der Waals surface area (Å²) >= 11 is 0.398. The third-order valence-electron chi connectivity index (χ3n) is 3.24. The standard InChI is InChI=1S/C14H15NSe/c1-10-5-4-6-11(9-10)14-12-7-2-3-8-13(12)16-15-14/h4-6,9H,2-3,7-8H2,1H3. The normalized spacial score (nSPS) is 14.8. The topological polar surface area (TPSA) is 12.9 Å². The average molecular weight is 276 g/mol. The van der Waals surface area contributed by atoms with Gasteiger partial charge in [-0.05, 0) is 0 Å². The molecule has 82 valence electrons. The van der Waals surface area contributed by atoms with Crippen LogP contribution in [0.5, 0.6) is 0 Å². The van der Waals surface area contributed by atoms with Crippen LogP contribution in [0.3, 0.4) is 0 Å². The fraction of sp³-hybridized carbons (Fsp3) is 0.357. The number of nitrogens with zero attached hydrogens (tertiary/aromatic N) is 1. The van der Waals surface area contributed by atoms with Crippen LogP contribution in [-0.2, 0) is 12.8 Å². The van der Waals surface area contributed by atoms with Crippen LogP contribution in [0.2, 0.25) is 0 Å². The molecule has 2 heteroatoms. The van der Waals surface area contributed by atoms with Crippen molar-refractivity contribution < 1.29 is 0 Å². The van der Waals surface area contributed by atoms with Crippen LogP contribution < -0.4 is 0 Å². The Hall–Kier alpha value is -0.851. The Morgan fingerprint density at radius 2 is 2.06 bits per heavy atom. The second-order valence-electron chi connectivity index (χ2n) is 4.51. The summed E-state index contributed by atoms with van der Waals surface area (Å²) in [6, 6.07) is 8.76. The van der Waals surface area contributed by atoms with Crippen LogP contribution in [0.4, 0.5) is 0 Å². The number of hydrogen-bond donors (Lipinski definition) is 0. The first kappa shape index (κ1) is 10.3. The zero-order valence-corrected chi connectivity index (χ0v) is 11.2. The SMILES string of the molecule is Cc1cccc(-c2n[se]c3c2CCCC3)c1. The van der Waals surface area contributed by atoms with E-state index in [0.717, 1.165) is 0 Å². The van der Waals surface area contributed by atoms with Gasteiger partial charge in [0, 0.05) is 0 Å². The molecule has 0 spiro atoms. The van der Waals surface area contributed by atoms with Crippen LogP contribution in [-0.4, -0.2) is 18.7 Å². The van der Waals surface area contributed by atoms with E-state index in [1.807, 2.05) is 0 Å². The van der Waals surface area contributed by atoms with Gasteiger partial charge in [-0.25, -0.2) is 0 Å². The Morgan fingerprint density at radius 1 is 1.19 bits per heavy atom. The maximum atomic E-state index is 4.80. The van der Waals surface area contributed by atoms with Crippen LogP contribution in [0.1, 0.15) is 28.4 Å². The van der Waals surface area contributed by atoms with Crippen LogP contribution >= 0.6 is 0 Å². The van der Waals surface area contributed by atoms with E-state index in [1.54, 1.807) is 10.0 Å². The second-order valence-corrected chi connectivity index (χ2v) is 6.31. The molecule has 0 N–H and O–H groups in total. The molecule has 1 nitrogen and oxygen atoms in total. The summed E-state index contributed by atoms with van der Waals surface area (Å²) < 4.78 is 6.46. The van der Waals surface area contributed by atoms with E-state index >= 15 is 0 Å². The number of benzene rings is 1. The van der Waals surface area contributed by atoms with Gasteiger partial charge in [0.1, 0.15) is 0 Å². The zero-order valence-electron chi connectivity index (χ0n) is 9.49. The number of rotatable bonds is 1. The minimum absolute atomic E-state index is 0.398. The summed E-state index contributed by atoms with van der Waals surface area (Å²) in [5.41, 5.74) is 5.54. The summed E-state index contributed by atoms with van der Waals surface area (Å²) in [6.07, 6.45) is 5.27. The molecule has 3 rings (SSSR count). The van der Waals surface area contributed by atoms with Crippen molar-refractivity contribution in [2.45, 2.75) is 32.6 Å². The number of aryl methyl sites for hydroxylation is 2. The molecule has 1 aromatic carbocycles. The van der Waals surface area contributed by atoms with Crippen molar-refractivity contribution in [2.75, 3.05) is 0 Å². The zero-order chi connectivity index (χ0) is 11.0. The van der Waals surface area contributed by atoms with Gasteiger partial charge in [-0.15, -0.1) is 0 Å². The summed E-state index contributed by atoms with van der Waals surface area (Å²) in [7, 11) is 0. The van der Waals surface area contributed by atoms with Crippen LogP contribution in [0.15, 0.2) is 24.3 Å². The third kappa shape index (κ3) is 1.77. The van der Waals surface area contributed by atoms with Crippen LogP contribution in [0.25, 0.3) is 11.3 Å². The van der Waals surface area contributed by atoms with E-state index in [9.17, 15) is 0 Å². The molecule has 0 aliphatic heterocycles. The average Bonchev–Trinajstić information content (AvgIpc) is 2.72. The van der Waals surface area contributed by atoms with Crippen molar-refractivity contribution in [1.82, 2.24) is 3.98 Å². The molecule has 0 bridgehead atoms. The molecular formula is C14H15NSe. The van der Waals surface area contributed by atoms with Gasteiger partial charge in [-0.2, -0.15) is 0 Å². The molecule has 1 heterocycles. The monoisotopic (exact) mass is 277 g/mol. The molecule has 1 aromatic heterocycles. The van der Waals surface area contributed by atoms with Crippen LogP contribution in [0, 0.1) is 6.92 Å². The Labute approximate surface area is 103 Å². The number of hydrogen-bond acceptors (Lipinski definition) is 1. The summed E-state index contributed by atoms with van der Waals surface area (Å²) in [5, 5.41) is 0.